The van der Waals surface area contributed by atoms with Crippen LogP contribution < -0.4 is 11.1 Å². The van der Waals surface area contributed by atoms with E-state index in [4.69, 9.17) is 10.2 Å². The maximum Gasteiger partial charge on any atom is 0.222 e. The molecular formula is C17H26N2O2. The number of carbonyl (C=O) groups is 1. The van der Waals surface area contributed by atoms with E-state index in [2.05, 4.69) is 25.2 Å². The summed E-state index contributed by atoms with van der Waals surface area (Å²) in [4.78, 5) is 12.3. The van der Waals surface area contributed by atoms with Gasteiger partial charge in [-0.1, -0.05) is 13.8 Å². The fourth-order valence-corrected chi connectivity index (χ4v) is 3.47. The molecule has 116 valence electrons. The molecule has 2 atom stereocenters. The maximum atomic E-state index is 12.3. The van der Waals surface area contributed by atoms with Gasteiger partial charge in [0.2, 0.25) is 5.91 Å². The molecule has 0 saturated heterocycles. The van der Waals surface area contributed by atoms with Crippen LogP contribution in [0.2, 0.25) is 0 Å². The number of furan rings is 1. The highest BCUT2D eigenvalue weighted by Gasteiger charge is 2.36. The lowest BCUT2D eigenvalue weighted by atomic mass is 9.74. The molecule has 0 aromatic carbocycles. The third-order valence-electron chi connectivity index (χ3n) is 4.72. The molecule has 1 aromatic rings. The summed E-state index contributed by atoms with van der Waals surface area (Å²) < 4.78 is 5.81. The van der Waals surface area contributed by atoms with E-state index >= 15 is 0 Å². The predicted molar refractivity (Wildman–Crippen MR) is 81.7 cm³/mol. The average Bonchev–Trinajstić information content (AvgIpc) is 3.11. The highest BCUT2D eigenvalue weighted by atomic mass is 16.3. The Morgan fingerprint density at radius 2 is 2.24 bits per heavy atom. The van der Waals surface area contributed by atoms with Gasteiger partial charge in [0.15, 0.2) is 0 Å². The number of hydrogen-bond donors (Lipinski definition) is 2. The van der Waals surface area contributed by atoms with E-state index < -0.39 is 0 Å². The average molecular weight is 290 g/mol. The van der Waals surface area contributed by atoms with Gasteiger partial charge in [-0.25, -0.2) is 0 Å². The second-order valence-electron chi connectivity index (χ2n) is 7.61. The third-order valence-corrected chi connectivity index (χ3v) is 4.72. The van der Waals surface area contributed by atoms with Gasteiger partial charge in [0, 0.05) is 24.4 Å². The van der Waals surface area contributed by atoms with Crippen LogP contribution in [-0.2, 0) is 11.2 Å². The van der Waals surface area contributed by atoms with Gasteiger partial charge >= 0.3 is 0 Å². The summed E-state index contributed by atoms with van der Waals surface area (Å²) in [5.41, 5.74) is 7.36. The van der Waals surface area contributed by atoms with Crippen LogP contribution >= 0.6 is 0 Å². The molecule has 1 saturated carbocycles. The monoisotopic (exact) mass is 290 g/mol. The van der Waals surface area contributed by atoms with Crippen molar-refractivity contribution >= 4 is 5.91 Å². The SMILES string of the molecule is Cc1cc2c(o1)CC(C)(C)CC2NC(=O)CC(N)C1CC1. The topological polar surface area (TPSA) is 68.3 Å². The van der Waals surface area contributed by atoms with Crippen molar-refractivity contribution in [3.05, 3.63) is 23.2 Å². The number of nitrogens with one attached hydrogen (secondary N) is 1. The summed E-state index contributed by atoms with van der Waals surface area (Å²) >= 11 is 0. The Balaban J connectivity index is 1.70. The van der Waals surface area contributed by atoms with E-state index in [1.54, 1.807) is 0 Å². The molecule has 1 fully saturated rings. The van der Waals surface area contributed by atoms with E-state index in [1.807, 2.05) is 6.92 Å². The van der Waals surface area contributed by atoms with Crippen LogP contribution in [0.5, 0.6) is 0 Å². The quantitative estimate of drug-likeness (QED) is 0.896. The van der Waals surface area contributed by atoms with Crippen molar-refractivity contribution in [2.75, 3.05) is 0 Å². The van der Waals surface area contributed by atoms with Crippen LogP contribution in [0, 0.1) is 18.3 Å². The van der Waals surface area contributed by atoms with Crippen LogP contribution in [-0.4, -0.2) is 11.9 Å². The lowest BCUT2D eigenvalue weighted by Crippen LogP contribution is -2.38. The molecule has 1 heterocycles. The Kier molecular flexibility index (Phi) is 3.60. The summed E-state index contributed by atoms with van der Waals surface area (Å²) in [6, 6.07) is 2.14. The van der Waals surface area contributed by atoms with Crippen LogP contribution in [0.4, 0.5) is 0 Å². The number of rotatable bonds is 4. The minimum atomic E-state index is 0.0205. The molecule has 1 amide bonds. The van der Waals surface area contributed by atoms with Crippen molar-refractivity contribution in [3.8, 4) is 0 Å². The first kappa shape index (κ1) is 14.6. The van der Waals surface area contributed by atoms with Gasteiger partial charge in [-0.3, -0.25) is 4.79 Å². The Morgan fingerprint density at radius 3 is 2.90 bits per heavy atom. The number of fused-ring (bicyclic) bond motifs is 1. The Labute approximate surface area is 126 Å². The zero-order valence-electron chi connectivity index (χ0n) is 13.2. The molecule has 3 N–H and O–H groups in total. The van der Waals surface area contributed by atoms with Gasteiger partial charge in [0.25, 0.3) is 0 Å². The van der Waals surface area contributed by atoms with Crippen molar-refractivity contribution in [2.45, 2.75) is 65.0 Å². The number of amides is 1. The molecule has 3 rings (SSSR count). The minimum absolute atomic E-state index is 0.0205. The second kappa shape index (κ2) is 5.16. The molecule has 0 bridgehead atoms. The lowest BCUT2D eigenvalue weighted by Gasteiger charge is -2.34. The van der Waals surface area contributed by atoms with Gasteiger partial charge in [0.1, 0.15) is 11.5 Å². The van der Waals surface area contributed by atoms with Crippen LogP contribution in [0.3, 0.4) is 0 Å². The van der Waals surface area contributed by atoms with Crippen LogP contribution in [0.15, 0.2) is 10.5 Å². The zero-order chi connectivity index (χ0) is 15.2. The van der Waals surface area contributed by atoms with Gasteiger partial charge < -0.3 is 15.5 Å². The molecule has 4 nitrogen and oxygen atoms in total. The van der Waals surface area contributed by atoms with Crippen LogP contribution in [0.1, 0.15) is 62.7 Å². The molecule has 4 heteroatoms. The predicted octanol–water partition coefficient (Wildman–Crippen LogP) is 2.85. The third kappa shape index (κ3) is 3.31. The summed E-state index contributed by atoms with van der Waals surface area (Å²) in [6.07, 6.45) is 4.67. The standard InChI is InChI=1S/C17H26N2O2/c1-10-6-12-14(8-17(2,3)9-15(12)21-10)19-16(20)7-13(18)11-4-5-11/h6,11,13-14H,4-5,7-9,18H2,1-3H3,(H,19,20). The highest BCUT2D eigenvalue weighted by molar-refractivity contribution is 5.77. The van der Waals surface area contributed by atoms with E-state index in [9.17, 15) is 4.79 Å². The molecule has 0 spiro atoms. The molecule has 21 heavy (non-hydrogen) atoms. The lowest BCUT2D eigenvalue weighted by molar-refractivity contribution is -0.122. The summed E-state index contributed by atoms with van der Waals surface area (Å²) in [7, 11) is 0. The van der Waals surface area contributed by atoms with Crippen molar-refractivity contribution in [3.63, 3.8) is 0 Å². The van der Waals surface area contributed by atoms with Crippen molar-refractivity contribution in [1.29, 1.82) is 0 Å². The van der Waals surface area contributed by atoms with E-state index in [-0.39, 0.29) is 23.4 Å². The molecule has 0 aliphatic heterocycles. The minimum Gasteiger partial charge on any atom is -0.466 e. The van der Waals surface area contributed by atoms with Gasteiger partial charge in [-0.15, -0.1) is 0 Å². The molecule has 2 aliphatic rings. The maximum absolute atomic E-state index is 12.3. The first-order valence-electron chi connectivity index (χ1n) is 7.98. The number of nitrogens with two attached hydrogens (primary N) is 1. The molecular weight excluding hydrogens is 264 g/mol. The normalized spacial score (nSPS) is 25.2. The number of hydrogen-bond acceptors (Lipinski definition) is 3. The number of aryl methyl sites for hydroxylation is 1. The van der Waals surface area contributed by atoms with E-state index in [1.165, 1.54) is 12.8 Å². The van der Waals surface area contributed by atoms with Crippen molar-refractivity contribution in [1.82, 2.24) is 5.32 Å². The zero-order valence-corrected chi connectivity index (χ0v) is 13.2. The summed E-state index contributed by atoms with van der Waals surface area (Å²) in [6.45, 7) is 6.42. The van der Waals surface area contributed by atoms with E-state index in [0.717, 1.165) is 29.9 Å². The second-order valence-corrected chi connectivity index (χ2v) is 7.61. The fraction of sp³-hybridized carbons (Fsp3) is 0.706. The molecule has 2 aliphatic carbocycles. The van der Waals surface area contributed by atoms with E-state index in [0.29, 0.717) is 12.3 Å². The molecule has 1 aromatic heterocycles. The molecule has 2 unspecified atom stereocenters. The largest absolute Gasteiger partial charge is 0.466 e. The Bertz CT molecular complexity index is 543. The summed E-state index contributed by atoms with van der Waals surface area (Å²) in [5.74, 6) is 2.58. The van der Waals surface area contributed by atoms with Crippen molar-refractivity contribution in [2.24, 2.45) is 17.1 Å². The fourth-order valence-electron chi connectivity index (χ4n) is 3.47. The first-order chi connectivity index (χ1) is 9.84. The molecule has 0 radical (unpaired) electrons. The Morgan fingerprint density at radius 1 is 1.52 bits per heavy atom. The number of carbonyl (C=O) groups excluding carboxylic acids is 1. The van der Waals surface area contributed by atoms with Gasteiger partial charge in [0.05, 0.1) is 6.04 Å². The summed E-state index contributed by atoms with van der Waals surface area (Å²) in [5, 5.41) is 3.18. The Hall–Kier alpha value is -1.29. The van der Waals surface area contributed by atoms with Crippen molar-refractivity contribution < 1.29 is 9.21 Å². The van der Waals surface area contributed by atoms with Gasteiger partial charge in [-0.05, 0) is 43.6 Å². The smallest absolute Gasteiger partial charge is 0.222 e. The van der Waals surface area contributed by atoms with Gasteiger partial charge in [-0.2, -0.15) is 0 Å². The highest BCUT2D eigenvalue weighted by Crippen LogP contribution is 2.42. The van der Waals surface area contributed by atoms with Crippen LogP contribution in [0.25, 0.3) is 0 Å². The first-order valence-corrected chi connectivity index (χ1v) is 7.98.